The minimum atomic E-state index is -1.04. The van der Waals surface area contributed by atoms with Crippen LogP contribution in [-0.2, 0) is 0 Å². The lowest BCUT2D eigenvalue weighted by atomic mass is 9.91. The molecule has 0 atom stereocenters. The van der Waals surface area contributed by atoms with Crippen LogP contribution in [0, 0.1) is 17.6 Å². The van der Waals surface area contributed by atoms with Crippen LogP contribution in [0.2, 0.25) is 5.02 Å². The van der Waals surface area contributed by atoms with Crippen LogP contribution >= 0.6 is 23.4 Å². The molecule has 4 aromatic rings. The van der Waals surface area contributed by atoms with E-state index in [2.05, 4.69) is 15.3 Å². The van der Waals surface area contributed by atoms with Crippen molar-refractivity contribution in [1.82, 2.24) is 14.4 Å². The van der Waals surface area contributed by atoms with E-state index in [0.717, 1.165) is 22.3 Å². The minimum Gasteiger partial charge on any atom is -0.494 e. The van der Waals surface area contributed by atoms with Crippen LogP contribution in [0.5, 0.6) is 5.75 Å². The quantitative estimate of drug-likeness (QED) is 0.255. The Morgan fingerprint density at radius 1 is 1.11 bits per heavy atom. The Labute approximate surface area is 211 Å². The van der Waals surface area contributed by atoms with Crippen molar-refractivity contribution < 1.29 is 13.5 Å². The van der Waals surface area contributed by atoms with E-state index in [1.807, 2.05) is 30.0 Å². The molecule has 2 aromatic heterocycles. The van der Waals surface area contributed by atoms with Gasteiger partial charge in [-0.2, -0.15) is 4.39 Å². The van der Waals surface area contributed by atoms with Crippen molar-refractivity contribution >= 4 is 40.5 Å². The third-order valence-corrected chi connectivity index (χ3v) is 8.09. The van der Waals surface area contributed by atoms with Gasteiger partial charge in [0.2, 0.25) is 5.82 Å². The number of halogens is 3. The SMILES string of the molecule is COc1ccc(-c2cnc3c(Nc4ccc(SCC5CCCCC5)c(Cl)c4)nccn23)c(F)c1F. The second-order valence-electron chi connectivity index (χ2n) is 8.64. The van der Waals surface area contributed by atoms with Crippen molar-refractivity contribution in [3.05, 3.63) is 65.6 Å². The van der Waals surface area contributed by atoms with Crippen LogP contribution in [0.25, 0.3) is 16.9 Å². The summed E-state index contributed by atoms with van der Waals surface area (Å²) in [5.74, 6) is 0.150. The van der Waals surface area contributed by atoms with Crippen molar-refractivity contribution in [2.24, 2.45) is 5.92 Å². The van der Waals surface area contributed by atoms with Gasteiger partial charge in [0.25, 0.3) is 0 Å². The molecule has 5 rings (SSSR count). The predicted octanol–water partition coefficient (Wildman–Crippen LogP) is 7.75. The van der Waals surface area contributed by atoms with E-state index in [1.165, 1.54) is 57.5 Å². The first kappa shape index (κ1) is 23.9. The lowest BCUT2D eigenvalue weighted by molar-refractivity contribution is 0.372. The zero-order valence-corrected chi connectivity index (χ0v) is 20.8. The normalized spacial score (nSPS) is 14.4. The summed E-state index contributed by atoms with van der Waals surface area (Å²) in [6.45, 7) is 0. The summed E-state index contributed by atoms with van der Waals surface area (Å²) in [5, 5.41) is 3.94. The van der Waals surface area contributed by atoms with Gasteiger partial charge < -0.3 is 10.1 Å². The van der Waals surface area contributed by atoms with Gasteiger partial charge >= 0.3 is 0 Å². The van der Waals surface area contributed by atoms with Gasteiger partial charge in [-0.05, 0) is 49.1 Å². The van der Waals surface area contributed by atoms with E-state index in [4.69, 9.17) is 16.3 Å². The Morgan fingerprint density at radius 3 is 2.71 bits per heavy atom. The Morgan fingerprint density at radius 2 is 1.94 bits per heavy atom. The first-order valence-electron chi connectivity index (χ1n) is 11.6. The fourth-order valence-electron chi connectivity index (χ4n) is 4.49. The maximum Gasteiger partial charge on any atom is 0.201 e. The summed E-state index contributed by atoms with van der Waals surface area (Å²) in [7, 11) is 1.30. The van der Waals surface area contributed by atoms with Crippen LogP contribution in [-0.4, -0.2) is 27.2 Å². The number of nitrogens with one attached hydrogen (secondary N) is 1. The number of fused-ring (bicyclic) bond motifs is 1. The fraction of sp³-hybridized carbons (Fsp3) is 0.308. The standard InChI is InChI=1S/C26H25ClF2N4OS/c1-34-21-9-8-18(23(28)24(21)29)20-14-31-26-25(30-11-12-33(20)26)32-17-7-10-22(19(27)13-17)35-15-16-5-3-2-4-6-16/h7-14,16H,2-6,15H2,1H3,(H,30,32). The second kappa shape index (κ2) is 10.4. The number of aromatic nitrogens is 3. The third kappa shape index (κ3) is 4.95. The van der Waals surface area contributed by atoms with Crippen molar-refractivity contribution in [2.45, 2.75) is 37.0 Å². The molecule has 1 fully saturated rings. The number of thioether (sulfide) groups is 1. The molecule has 0 unspecified atom stereocenters. The number of rotatable bonds is 7. The monoisotopic (exact) mass is 514 g/mol. The van der Waals surface area contributed by atoms with Gasteiger partial charge in [-0.1, -0.05) is 30.9 Å². The van der Waals surface area contributed by atoms with Crippen LogP contribution in [0.1, 0.15) is 32.1 Å². The maximum atomic E-state index is 14.7. The van der Waals surface area contributed by atoms with Crippen LogP contribution in [0.4, 0.5) is 20.3 Å². The number of nitrogens with zero attached hydrogens (tertiary/aromatic N) is 3. The predicted molar refractivity (Wildman–Crippen MR) is 137 cm³/mol. The molecule has 0 spiro atoms. The molecule has 1 N–H and O–H groups in total. The fourth-order valence-corrected chi connectivity index (χ4v) is 5.94. The van der Waals surface area contributed by atoms with Crippen molar-refractivity contribution in [3.63, 3.8) is 0 Å². The number of hydrogen-bond donors (Lipinski definition) is 1. The van der Waals surface area contributed by atoms with Gasteiger partial charge in [0.15, 0.2) is 23.0 Å². The number of ether oxygens (including phenoxy) is 1. The van der Waals surface area contributed by atoms with E-state index in [-0.39, 0.29) is 11.3 Å². The minimum absolute atomic E-state index is 0.0790. The van der Waals surface area contributed by atoms with Gasteiger partial charge in [-0.25, -0.2) is 14.4 Å². The summed E-state index contributed by atoms with van der Waals surface area (Å²) in [6.07, 6.45) is 11.3. The number of benzene rings is 2. The topological polar surface area (TPSA) is 51.5 Å². The highest BCUT2D eigenvalue weighted by molar-refractivity contribution is 7.99. The highest BCUT2D eigenvalue weighted by atomic mass is 35.5. The van der Waals surface area contributed by atoms with E-state index < -0.39 is 11.6 Å². The summed E-state index contributed by atoms with van der Waals surface area (Å²) >= 11 is 8.39. The van der Waals surface area contributed by atoms with Crippen molar-refractivity contribution in [3.8, 4) is 17.0 Å². The molecule has 1 aliphatic carbocycles. The van der Waals surface area contributed by atoms with Crippen LogP contribution in [0.3, 0.4) is 0 Å². The van der Waals surface area contributed by atoms with Gasteiger partial charge in [-0.3, -0.25) is 4.40 Å². The van der Waals surface area contributed by atoms with Crippen LogP contribution in [0.15, 0.2) is 53.8 Å². The zero-order chi connectivity index (χ0) is 24.4. The zero-order valence-electron chi connectivity index (χ0n) is 19.2. The number of methoxy groups -OCH3 is 1. The Kier molecular flexibility index (Phi) is 7.11. The van der Waals surface area contributed by atoms with Crippen molar-refractivity contribution in [2.75, 3.05) is 18.2 Å². The lowest BCUT2D eigenvalue weighted by Gasteiger charge is -2.21. The van der Waals surface area contributed by atoms with E-state index in [9.17, 15) is 8.78 Å². The molecule has 1 aliphatic rings. The first-order valence-corrected chi connectivity index (χ1v) is 13.0. The summed E-state index contributed by atoms with van der Waals surface area (Å²) in [4.78, 5) is 9.87. The lowest BCUT2D eigenvalue weighted by Crippen LogP contribution is -2.08. The van der Waals surface area contributed by atoms with Crippen LogP contribution < -0.4 is 10.1 Å². The van der Waals surface area contributed by atoms with Gasteiger partial charge in [-0.15, -0.1) is 11.8 Å². The van der Waals surface area contributed by atoms with Gasteiger partial charge in [0, 0.05) is 34.3 Å². The highest BCUT2D eigenvalue weighted by Crippen LogP contribution is 2.36. The molecule has 9 heteroatoms. The molecule has 182 valence electrons. The summed E-state index contributed by atoms with van der Waals surface area (Å²) in [5.41, 5.74) is 1.72. The first-order chi connectivity index (χ1) is 17.0. The average molecular weight is 515 g/mol. The molecule has 1 saturated carbocycles. The second-order valence-corrected chi connectivity index (χ2v) is 10.1. The number of hydrogen-bond acceptors (Lipinski definition) is 5. The Balaban J connectivity index is 1.37. The number of imidazole rings is 1. The molecule has 0 aliphatic heterocycles. The molecular weight excluding hydrogens is 490 g/mol. The summed E-state index contributed by atoms with van der Waals surface area (Å²) < 4.78 is 35.5. The number of anilines is 2. The molecule has 0 saturated heterocycles. The van der Waals surface area contributed by atoms with E-state index in [0.29, 0.717) is 22.2 Å². The van der Waals surface area contributed by atoms with Gasteiger partial charge in [0.05, 0.1) is 24.0 Å². The largest absolute Gasteiger partial charge is 0.494 e. The molecular formula is C26H25ClF2N4OS. The Bertz CT molecular complexity index is 1360. The van der Waals surface area contributed by atoms with Gasteiger partial charge in [0.1, 0.15) is 0 Å². The molecule has 0 bridgehead atoms. The molecule has 0 radical (unpaired) electrons. The average Bonchev–Trinajstić information content (AvgIpc) is 3.31. The smallest absolute Gasteiger partial charge is 0.201 e. The van der Waals surface area contributed by atoms with Crippen molar-refractivity contribution in [1.29, 1.82) is 0 Å². The van der Waals surface area contributed by atoms with E-state index >= 15 is 0 Å². The Hall–Kier alpha value is -2.84. The summed E-state index contributed by atoms with van der Waals surface area (Å²) in [6, 6.07) is 8.72. The molecule has 2 aromatic carbocycles. The maximum absolute atomic E-state index is 14.7. The highest BCUT2D eigenvalue weighted by Gasteiger charge is 2.19. The molecule has 35 heavy (non-hydrogen) atoms. The third-order valence-electron chi connectivity index (χ3n) is 6.36. The molecule has 5 nitrogen and oxygen atoms in total. The van der Waals surface area contributed by atoms with E-state index in [1.54, 1.807) is 16.8 Å². The molecule has 2 heterocycles. The molecule has 0 amide bonds.